The van der Waals surface area contributed by atoms with Crippen molar-refractivity contribution in [3.8, 4) is 0 Å². The molecular weight excluding hydrogens is 314 g/mol. The minimum absolute atomic E-state index is 0.124. The molecule has 1 unspecified atom stereocenters. The number of rotatable bonds is 3. The number of fused-ring (bicyclic) bond motifs is 1. The predicted molar refractivity (Wildman–Crippen MR) is 83.1 cm³/mol. The van der Waals surface area contributed by atoms with Gasteiger partial charge in [-0.25, -0.2) is 15.0 Å². The third-order valence-corrected chi connectivity index (χ3v) is 4.81. The van der Waals surface area contributed by atoms with E-state index in [9.17, 15) is 0 Å². The van der Waals surface area contributed by atoms with Crippen LogP contribution in [-0.2, 0) is 0 Å². The van der Waals surface area contributed by atoms with Crippen molar-refractivity contribution in [2.45, 2.75) is 17.3 Å². The third kappa shape index (κ3) is 2.70. The summed E-state index contributed by atoms with van der Waals surface area (Å²) in [4.78, 5) is 16.9. The van der Waals surface area contributed by atoms with Crippen LogP contribution in [0, 0.1) is 0 Å². The summed E-state index contributed by atoms with van der Waals surface area (Å²) in [6.45, 7) is 2.05. The Kier molecular flexibility index (Phi) is 3.73. The largest absolute Gasteiger partial charge is 0.375 e. The molecule has 0 spiro atoms. The van der Waals surface area contributed by atoms with Crippen LogP contribution in [0.15, 0.2) is 29.8 Å². The summed E-state index contributed by atoms with van der Waals surface area (Å²) < 4.78 is 0.890. The van der Waals surface area contributed by atoms with Crippen LogP contribution in [-0.4, -0.2) is 19.9 Å². The van der Waals surface area contributed by atoms with Crippen molar-refractivity contribution in [2.24, 2.45) is 0 Å². The first-order valence-electron chi connectivity index (χ1n) is 5.78. The summed E-state index contributed by atoms with van der Waals surface area (Å²) in [5.41, 5.74) is 7.31. The first-order chi connectivity index (χ1) is 9.63. The number of hydrogen-bond donors (Lipinski definition) is 1. The molecule has 102 valence electrons. The number of aromatic nitrogens is 4. The van der Waals surface area contributed by atoms with Crippen LogP contribution in [0.4, 0.5) is 5.13 Å². The van der Waals surface area contributed by atoms with E-state index in [-0.39, 0.29) is 5.25 Å². The van der Waals surface area contributed by atoms with E-state index in [0.29, 0.717) is 21.0 Å². The number of halogens is 1. The molecule has 20 heavy (non-hydrogen) atoms. The van der Waals surface area contributed by atoms with Gasteiger partial charge in [0.1, 0.15) is 0 Å². The van der Waals surface area contributed by atoms with Gasteiger partial charge in [-0.1, -0.05) is 34.7 Å². The monoisotopic (exact) mass is 323 g/mol. The molecule has 3 rings (SSSR count). The average Bonchev–Trinajstić information content (AvgIpc) is 2.78. The van der Waals surface area contributed by atoms with Crippen molar-refractivity contribution < 1.29 is 0 Å². The topological polar surface area (TPSA) is 77.6 Å². The predicted octanol–water partition coefficient (Wildman–Crippen LogP) is 3.57. The fourth-order valence-electron chi connectivity index (χ4n) is 1.73. The van der Waals surface area contributed by atoms with Gasteiger partial charge in [-0.15, -0.1) is 0 Å². The Labute approximate surface area is 128 Å². The second-order valence-corrected chi connectivity index (χ2v) is 6.83. The van der Waals surface area contributed by atoms with Crippen LogP contribution in [0.1, 0.15) is 17.7 Å². The van der Waals surface area contributed by atoms with Crippen LogP contribution < -0.4 is 5.73 Å². The number of thiazole rings is 1. The molecule has 0 aliphatic carbocycles. The molecule has 1 atom stereocenters. The normalized spacial score (nSPS) is 12.7. The molecule has 2 N–H and O–H groups in total. The fraction of sp³-hybridized carbons (Fsp3) is 0.167. The lowest BCUT2D eigenvalue weighted by atomic mass is 10.2. The molecule has 0 aliphatic heterocycles. The summed E-state index contributed by atoms with van der Waals surface area (Å²) in [5.74, 6) is 0. The molecule has 3 heterocycles. The van der Waals surface area contributed by atoms with Gasteiger partial charge in [0.25, 0.3) is 0 Å². The van der Waals surface area contributed by atoms with E-state index >= 15 is 0 Å². The van der Waals surface area contributed by atoms with Crippen molar-refractivity contribution in [3.05, 3.63) is 35.2 Å². The Bertz CT molecular complexity index is 760. The highest BCUT2D eigenvalue weighted by Crippen LogP contribution is 2.36. The van der Waals surface area contributed by atoms with Gasteiger partial charge in [-0.2, -0.15) is 0 Å². The molecule has 0 saturated carbocycles. The van der Waals surface area contributed by atoms with Gasteiger partial charge in [0, 0.05) is 17.6 Å². The Morgan fingerprint density at radius 1 is 1.35 bits per heavy atom. The molecule has 0 fully saturated rings. The lowest BCUT2D eigenvalue weighted by Crippen LogP contribution is -1.94. The number of thioether (sulfide) groups is 1. The summed E-state index contributed by atoms with van der Waals surface area (Å²) in [6, 6.07) is 1.90. The van der Waals surface area contributed by atoms with Crippen LogP contribution in [0.3, 0.4) is 0 Å². The van der Waals surface area contributed by atoms with Gasteiger partial charge in [-0.05, 0) is 18.6 Å². The molecule has 0 aromatic carbocycles. The quantitative estimate of drug-likeness (QED) is 0.586. The van der Waals surface area contributed by atoms with Crippen LogP contribution >= 0.6 is 34.7 Å². The second kappa shape index (κ2) is 5.51. The Hall–Kier alpha value is -1.44. The van der Waals surface area contributed by atoms with Gasteiger partial charge < -0.3 is 5.73 Å². The first kappa shape index (κ1) is 13.5. The Balaban J connectivity index is 1.87. The average molecular weight is 324 g/mol. The maximum absolute atomic E-state index is 6.14. The van der Waals surface area contributed by atoms with Crippen LogP contribution in [0.2, 0.25) is 5.02 Å². The molecule has 5 nitrogen and oxygen atoms in total. The van der Waals surface area contributed by atoms with E-state index in [0.717, 1.165) is 10.3 Å². The fourth-order valence-corrected chi connectivity index (χ4v) is 3.63. The maximum Gasteiger partial charge on any atom is 0.190 e. The smallest absolute Gasteiger partial charge is 0.190 e. The second-order valence-electron chi connectivity index (χ2n) is 4.05. The van der Waals surface area contributed by atoms with Gasteiger partial charge in [0.2, 0.25) is 0 Å². The zero-order chi connectivity index (χ0) is 14.1. The molecule has 0 bridgehead atoms. The molecule has 3 aromatic rings. The molecular formula is C12H10ClN5S2. The number of anilines is 1. The highest BCUT2D eigenvalue weighted by molar-refractivity contribution is 7.99. The molecule has 0 saturated heterocycles. The van der Waals surface area contributed by atoms with Crippen molar-refractivity contribution in [1.82, 2.24) is 19.9 Å². The van der Waals surface area contributed by atoms with E-state index < -0.39 is 0 Å². The standard InChI is InChI=1S/C12H10ClN5S2/c1-6(7-2-3-15-4-8(7)13)19-12-16-5-9-10(18-12)17-11(14)20-9/h2-6H,1H3,(H2,14,16,17,18). The van der Waals surface area contributed by atoms with E-state index in [2.05, 4.69) is 26.9 Å². The molecule has 3 aromatic heterocycles. The highest BCUT2D eigenvalue weighted by Gasteiger charge is 2.14. The minimum Gasteiger partial charge on any atom is -0.375 e. The first-order valence-corrected chi connectivity index (χ1v) is 7.86. The lowest BCUT2D eigenvalue weighted by Gasteiger charge is -2.11. The number of hydrogen-bond acceptors (Lipinski definition) is 7. The number of pyridine rings is 1. The third-order valence-electron chi connectivity index (χ3n) is 2.67. The van der Waals surface area contributed by atoms with E-state index in [1.54, 1.807) is 18.6 Å². The van der Waals surface area contributed by atoms with Crippen molar-refractivity contribution >= 4 is 50.2 Å². The molecule has 0 radical (unpaired) electrons. The van der Waals surface area contributed by atoms with Gasteiger partial charge in [0.15, 0.2) is 15.9 Å². The van der Waals surface area contributed by atoms with Crippen molar-refractivity contribution in [2.75, 3.05) is 5.73 Å². The number of nitrogens with zero attached hydrogens (tertiary/aromatic N) is 4. The zero-order valence-corrected chi connectivity index (χ0v) is 12.8. The summed E-state index contributed by atoms with van der Waals surface area (Å²) in [6.07, 6.45) is 5.11. The van der Waals surface area contributed by atoms with Gasteiger partial charge in [0.05, 0.1) is 15.9 Å². The Morgan fingerprint density at radius 3 is 3.00 bits per heavy atom. The number of nitrogen functional groups attached to an aromatic ring is 1. The van der Waals surface area contributed by atoms with Crippen molar-refractivity contribution in [1.29, 1.82) is 0 Å². The maximum atomic E-state index is 6.14. The highest BCUT2D eigenvalue weighted by atomic mass is 35.5. The summed E-state index contributed by atoms with van der Waals surface area (Å²) >= 11 is 9.05. The Morgan fingerprint density at radius 2 is 2.20 bits per heavy atom. The molecule has 0 amide bonds. The SMILES string of the molecule is CC(Sc1ncc2sc(N)nc2n1)c1ccncc1Cl. The van der Waals surface area contributed by atoms with E-state index in [4.69, 9.17) is 17.3 Å². The number of nitrogens with two attached hydrogens (primary N) is 1. The summed E-state index contributed by atoms with van der Waals surface area (Å²) in [7, 11) is 0. The van der Waals surface area contributed by atoms with Gasteiger partial charge >= 0.3 is 0 Å². The minimum atomic E-state index is 0.124. The van der Waals surface area contributed by atoms with Crippen LogP contribution in [0.5, 0.6) is 0 Å². The van der Waals surface area contributed by atoms with Crippen LogP contribution in [0.25, 0.3) is 10.3 Å². The zero-order valence-electron chi connectivity index (χ0n) is 10.4. The van der Waals surface area contributed by atoms with E-state index in [1.807, 2.05) is 6.07 Å². The molecule has 8 heteroatoms. The summed E-state index contributed by atoms with van der Waals surface area (Å²) in [5, 5.41) is 1.93. The van der Waals surface area contributed by atoms with Gasteiger partial charge in [-0.3, -0.25) is 4.98 Å². The van der Waals surface area contributed by atoms with E-state index in [1.165, 1.54) is 23.1 Å². The van der Waals surface area contributed by atoms with Crippen molar-refractivity contribution in [3.63, 3.8) is 0 Å². The lowest BCUT2D eigenvalue weighted by molar-refractivity contribution is 0.974. The molecule has 0 aliphatic rings.